The van der Waals surface area contributed by atoms with Crippen LogP contribution in [0.2, 0.25) is 0 Å². The van der Waals surface area contributed by atoms with E-state index in [0.717, 1.165) is 21.1 Å². The fourth-order valence-corrected chi connectivity index (χ4v) is 6.64. The van der Waals surface area contributed by atoms with Crippen molar-refractivity contribution in [1.29, 1.82) is 0 Å². The zero-order valence-electron chi connectivity index (χ0n) is 20.8. The summed E-state index contributed by atoms with van der Waals surface area (Å²) in [6, 6.07) is 2.49. The summed E-state index contributed by atoms with van der Waals surface area (Å²) in [6.07, 6.45) is 2.07. The van der Waals surface area contributed by atoms with E-state index in [4.69, 9.17) is 15.7 Å². The van der Waals surface area contributed by atoms with E-state index in [-0.39, 0.29) is 34.6 Å². The standard InChI is InChI=1S/C23H23FN6O7S3/c1-11(21(33)34)37-28-15(14-10-40-23(25)26-14)18(31)27-16-19(32)30-17(22(35)36)12(9-39-20(16)30)8-38-13-2-5-29(6-3-13)7-4-24/h2-3,5-6,10-11,16,20H,4,7-9H2,1H3,(H4-,25,26,27,31,33,34,35,36)/b28-15-/t11-,16-,20-/m1/s1. The number of aryl methyl sites for hydroxylation is 1. The summed E-state index contributed by atoms with van der Waals surface area (Å²) in [7, 11) is 0. The second-order valence-electron chi connectivity index (χ2n) is 8.45. The minimum atomic E-state index is -1.51. The molecule has 1 fully saturated rings. The molecule has 2 amide bonds. The number of fused-ring (bicyclic) bond motifs is 1. The molecule has 2 aromatic heterocycles. The van der Waals surface area contributed by atoms with Crippen molar-refractivity contribution in [2.45, 2.75) is 35.9 Å². The van der Waals surface area contributed by atoms with Gasteiger partial charge >= 0.3 is 5.97 Å². The molecule has 1 saturated heterocycles. The van der Waals surface area contributed by atoms with Gasteiger partial charge in [0.15, 0.2) is 29.8 Å². The number of halogens is 1. The van der Waals surface area contributed by atoms with E-state index < -0.39 is 53.7 Å². The Bertz CT molecular complexity index is 1380. The van der Waals surface area contributed by atoms with Gasteiger partial charge in [-0.1, -0.05) is 5.16 Å². The Morgan fingerprint density at radius 3 is 2.75 bits per heavy atom. The van der Waals surface area contributed by atoms with E-state index in [1.165, 1.54) is 35.8 Å². The third-order valence-corrected chi connectivity index (χ3v) is 8.88. The average molecular weight is 611 g/mol. The lowest BCUT2D eigenvalue weighted by molar-refractivity contribution is -0.697. The third kappa shape index (κ3) is 6.37. The van der Waals surface area contributed by atoms with Crippen LogP contribution in [0.5, 0.6) is 0 Å². The van der Waals surface area contributed by atoms with Gasteiger partial charge in [-0.25, -0.2) is 18.7 Å². The number of carbonyl (C=O) groups is 4. The molecular weight excluding hydrogens is 587 g/mol. The number of thiazole rings is 1. The van der Waals surface area contributed by atoms with Gasteiger partial charge in [-0.15, -0.1) is 34.9 Å². The fourth-order valence-electron chi connectivity index (χ4n) is 3.73. The van der Waals surface area contributed by atoms with Gasteiger partial charge < -0.3 is 30.9 Å². The molecule has 0 radical (unpaired) electrons. The van der Waals surface area contributed by atoms with Crippen LogP contribution in [0.3, 0.4) is 0 Å². The van der Waals surface area contributed by atoms with Crippen LogP contribution in [-0.2, 0) is 30.6 Å². The number of alkyl halides is 1. The second kappa shape index (κ2) is 12.6. The van der Waals surface area contributed by atoms with E-state index in [0.29, 0.717) is 5.57 Å². The van der Waals surface area contributed by atoms with Crippen LogP contribution in [0.15, 0.2) is 51.2 Å². The van der Waals surface area contributed by atoms with E-state index >= 15 is 0 Å². The van der Waals surface area contributed by atoms with Crippen LogP contribution in [0.1, 0.15) is 12.6 Å². The van der Waals surface area contributed by atoms with Crippen molar-refractivity contribution in [1.82, 2.24) is 15.2 Å². The third-order valence-electron chi connectivity index (χ3n) is 5.77. The molecule has 2 aliphatic rings. The summed E-state index contributed by atoms with van der Waals surface area (Å²) < 4.78 is 14.2. The highest BCUT2D eigenvalue weighted by Gasteiger charge is 2.53. The lowest BCUT2D eigenvalue weighted by atomic mass is 10.0. The molecule has 2 aliphatic heterocycles. The minimum Gasteiger partial charge on any atom is -0.543 e. The summed E-state index contributed by atoms with van der Waals surface area (Å²) in [5.41, 5.74) is 5.52. The number of pyridine rings is 1. The number of aromatic nitrogens is 2. The Balaban J connectivity index is 1.47. The predicted molar refractivity (Wildman–Crippen MR) is 142 cm³/mol. The smallest absolute Gasteiger partial charge is 0.347 e. The molecule has 40 heavy (non-hydrogen) atoms. The Morgan fingerprint density at radius 2 is 2.15 bits per heavy atom. The summed E-state index contributed by atoms with van der Waals surface area (Å²) in [4.78, 5) is 60.0. The molecule has 0 spiro atoms. The van der Waals surface area contributed by atoms with Crippen LogP contribution in [0.25, 0.3) is 0 Å². The monoisotopic (exact) mass is 610 g/mol. The molecule has 0 aromatic carbocycles. The number of aliphatic carboxylic acids is 2. The normalized spacial score (nSPS) is 19.5. The van der Waals surface area contributed by atoms with Gasteiger partial charge in [0.05, 0.1) is 11.7 Å². The lowest BCUT2D eigenvalue weighted by Gasteiger charge is -2.50. The molecule has 13 nitrogen and oxygen atoms in total. The summed E-state index contributed by atoms with van der Waals surface area (Å²) in [5.74, 6) is -3.81. The van der Waals surface area contributed by atoms with Crippen LogP contribution in [-0.4, -0.2) is 80.2 Å². The van der Waals surface area contributed by atoms with Crippen molar-refractivity contribution >= 4 is 69.5 Å². The van der Waals surface area contributed by atoms with Gasteiger partial charge in [-0.2, -0.15) is 0 Å². The zero-order valence-corrected chi connectivity index (χ0v) is 23.3. The number of hydrogen-bond acceptors (Lipinski definition) is 12. The van der Waals surface area contributed by atoms with Gasteiger partial charge in [-0.3, -0.25) is 14.5 Å². The highest BCUT2D eigenvalue weighted by molar-refractivity contribution is 8.01. The molecule has 0 saturated carbocycles. The molecule has 2 aromatic rings. The van der Waals surface area contributed by atoms with E-state index in [1.54, 1.807) is 29.1 Å². The maximum absolute atomic E-state index is 13.1. The first-order chi connectivity index (χ1) is 19.1. The van der Waals surface area contributed by atoms with Crippen molar-refractivity contribution in [3.8, 4) is 0 Å². The largest absolute Gasteiger partial charge is 0.543 e. The van der Waals surface area contributed by atoms with Crippen molar-refractivity contribution in [2.75, 3.05) is 23.9 Å². The van der Waals surface area contributed by atoms with Crippen molar-refractivity contribution in [2.24, 2.45) is 5.16 Å². The van der Waals surface area contributed by atoms with Crippen LogP contribution in [0, 0.1) is 0 Å². The molecule has 212 valence electrons. The highest BCUT2D eigenvalue weighted by atomic mass is 32.2. The average Bonchev–Trinajstić information content (AvgIpc) is 3.36. The topological polar surface area (TPSA) is 191 Å². The first kappa shape index (κ1) is 29.3. The van der Waals surface area contributed by atoms with E-state index in [1.807, 2.05) is 0 Å². The quantitative estimate of drug-likeness (QED) is 0.0912. The molecule has 4 rings (SSSR count). The maximum atomic E-state index is 13.1. The molecule has 17 heteroatoms. The molecule has 4 N–H and O–H groups in total. The highest BCUT2D eigenvalue weighted by Crippen LogP contribution is 2.41. The Kier molecular flexibility index (Phi) is 9.26. The van der Waals surface area contributed by atoms with Gasteiger partial charge in [0.25, 0.3) is 11.8 Å². The number of nitrogen functional groups attached to an aromatic ring is 1. The van der Waals surface area contributed by atoms with Crippen LogP contribution < -0.4 is 20.7 Å². The number of oxime groups is 1. The number of nitrogens with one attached hydrogen (secondary N) is 1. The molecule has 3 atom stereocenters. The number of rotatable bonds is 12. The van der Waals surface area contributed by atoms with Gasteiger partial charge in [0, 0.05) is 33.9 Å². The van der Waals surface area contributed by atoms with Gasteiger partial charge in [0.2, 0.25) is 6.10 Å². The lowest BCUT2D eigenvalue weighted by Crippen LogP contribution is -2.71. The second-order valence-corrected chi connectivity index (χ2v) is 11.5. The molecule has 0 unspecified atom stereocenters. The Morgan fingerprint density at radius 1 is 1.43 bits per heavy atom. The van der Waals surface area contributed by atoms with Crippen molar-refractivity contribution in [3.05, 3.63) is 46.9 Å². The number of nitrogens with two attached hydrogens (primary N) is 1. The van der Waals surface area contributed by atoms with Crippen molar-refractivity contribution < 1.29 is 43.2 Å². The van der Waals surface area contributed by atoms with Crippen LogP contribution >= 0.6 is 34.9 Å². The predicted octanol–water partition coefficient (Wildman–Crippen LogP) is -0.628. The zero-order chi connectivity index (χ0) is 29.0. The SMILES string of the molecule is C[C@@H](O/N=C(\C(=O)N[C@@H]1C(=O)N2C(C(=O)[O-])=C(CSc3cc[n+](CCF)cc3)CS[C@H]12)c1csc(N)n1)C(=O)O. The molecule has 4 heterocycles. The number of amides is 2. The van der Waals surface area contributed by atoms with E-state index in [9.17, 15) is 28.7 Å². The Hall–Kier alpha value is -3.70. The number of carbonyl (C=O) groups excluding carboxylic acids is 3. The maximum Gasteiger partial charge on any atom is 0.347 e. The fraction of sp³-hybridized carbons (Fsp3) is 0.348. The first-order valence-electron chi connectivity index (χ1n) is 11.7. The van der Waals surface area contributed by atoms with E-state index in [2.05, 4.69) is 15.5 Å². The number of carboxylic acid groups (broad SMARTS) is 2. The molecule has 0 aliphatic carbocycles. The molecule has 0 bridgehead atoms. The molecular formula is C23H23FN6O7S3. The van der Waals surface area contributed by atoms with Gasteiger partial charge in [0.1, 0.15) is 23.8 Å². The summed E-state index contributed by atoms with van der Waals surface area (Å²) >= 11 is 3.65. The number of carboxylic acids is 2. The van der Waals surface area contributed by atoms with Gasteiger partial charge in [-0.05, 0) is 12.5 Å². The van der Waals surface area contributed by atoms with Crippen molar-refractivity contribution in [3.63, 3.8) is 0 Å². The number of hydrogen-bond donors (Lipinski definition) is 3. The Labute approximate surface area is 239 Å². The number of β-lactam (4-membered cyclic amide) rings is 1. The summed E-state index contributed by atoms with van der Waals surface area (Å²) in [6.45, 7) is 0.957. The van der Waals surface area contributed by atoms with Crippen LogP contribution in [0.4, 0.5) is 9.52 Å². The summed E-state index contributed by atoms with van der Waals surface area (Å²) in [5, 5.41) is 28.1. The minimum absolute atomic E-state index is 0.0169. The number of anilines is 1. The number of nitrogens with zero attached hydrogens (tertiary/aromatic N) is 4. The first-order valence-corrected chi connectivity index (χ1v) is 14.6. The number of thioether (sulfide) groups is 2.